The number of carboxylic acid groups (broad SMARTS) is 1. The van der Waals surface area contributed by atoms with Crippen molar-refractivity contribution in [2.75, 3.05) is 6.61 Å². The number of carboxylic acids is 1. The lowest BCUT2D eigenvalue weighted by atomic mass is 9.90. The van der Waals surface area contributed by atoms with Crippen molar-refractivity contribution in [2.24, 2.45) is 0 Å². The van der Waals surface area contributed by atoms with Gasteiger partial charge in [-0.3, -0.25) is 0 Å². The molecule has 192 valence electrons. The number of thiophene rings is 1. The monoisotopic (exact) mass is 536 g/mol. The molecular weight excluding hydrogens is 512 g/mol. The molecule has 1 N–H and O–H groups in total. The lowest BCUT2D eigenvalue weighted by Crippen LogP contribution is -2.10. The van der Waals surface area contributed by atoms with E-state index in [-0.39, 0.29) is 0 Å². The molecule has 6 aromatic carbocycles. The summed E-state index contributed by atoms with van der Waals surface area (Å²) in [5, 5.41) is 14.2. The van der Waals surface area contributed by atoms with Crippen LogP contribution in [0.4, 0.5) is 0 Å². The van der Waals surface area contributed by atoms with Crippen molar-refractivity contribution < 1.29 is 14.6 Å². The van der Waals surface area contributed by atoms with Gasteiger partial charge >= 0.3 is 5.97 Å². The maximum atomic E-state index is 11.4. The van der Waals surface area contributed by atoms with Crippen molar-refractivity contribution in [1.29, 1.82) is 0 Å². The van der Waals surface area contributed by atoms with Gasteiger partial charge in [-0.15, -0.1) is 11.3 Å². The number of hydrogen-bond acceptors (Lipinski definition) is 3. The Kier molecular flexibility index (Phi) is 6.03. The molecule has 40 heavy (non-hydrogen) atoms. The van der Waals surface area contributed by atoms with E-state index < -0.39 is 12.6 Å². The quantitative estimate of drug-likeness (QED) is 0.230. The first-order chi connectivity index (χ1) is 19.7. The molecule has 1 aromatic heterocycles. The smallest absolute Gasteiger partial charge is 0.341 e. The number of hydrogen-bond donors (Lipinski definition) is 1. The highest BCUT2D eigenvalue weighted by Gasteiger charge is 2.18. The first-order valence-corrected chi connectivity index (χ1v) is 14.0. The first kappa shape index (κ1) is 24.1. The zero-order valence-corrected chi connectivity index (χ0v) is 22.3. The summed E-state index contributed by atoms with van der Waals surface area (Å²) in [6.07, 6.45) is 0. The summed E-state index contributed by atoms with van der Waals surface area (Å²) < 4.78 is 8.32. The van der Waals surface area contributed by atoms with E-state index in [0.717, 1.165) is 27.8 Å². The van der Waals surface area contributed by atoms with E-state index in [2.05, 4.69) is 97.1 Å². The Balaban J connectivity index is 1.49. The zero-order valence-electron chi connectivity index (χ0n) is 21.5. The molecule has 7 aromatic rings. The molecule has 0 atom stereocenters. The molecule has 1 heterocycles. The molecule has 0 saturated carbocycles. The van der Waals surface area contributed by atoms with Crippen LogP contribution in [0.25, 0.3) is 64.3 Å². The van der Waals surface area contributed by atoms with Crippen LogP contribution in [0.2, 0.25) is 0 Å². The fraction of sp³-hybridized carbons (Fsp3) is 0.0278. The average molecular weight is 537 g/mol. The topological polar surface area (TPSA) is 46.5 Å². The molecule has 0 aliphatic rings. The zero-order chi connectivity index (χ0) is 27.1. The van der Waals surface area contributed by atoms with Gasteiger partial charge in [-0.05, 0) is 68.9 Å². The predicted molar refractivity (Wildman–Crippen MR) is 166 cm³/mol. The van der Waals surface area contributed by atoms with Crippen LogP contribution >= 0.6 is 11.3 Å². The SMILES string of the molecule is O=C(O)COc1ccc(-c2c3ccccc3cc3sc4ccccc4c23)cc1-c1cccc(-c2ccccc2)c1. The van der Waals surface area contributed by atoms with Crippen molar-refractivity contribution in [3.05, 3.63) is 127 Å². The number of benzene rings is 6. The molecule has 0 bridgehead atoms. The third-order valence-corrected chi connectivity index (χ3v) is 8.41. The highest BCUT2D eigenvalue weighted by molar-refractivity contribution is 7.26. The molecule has 7 rings (SSSR count). The van der Waals surface area contributed by atoms with Gasteiger partial charge < -0.3 is 9.84 Å². The number of carbonyl (C=O) groups is 1. The summed E-state index contributed by atoms with van der Waals surface area (Å²) in [6, 6.07) is 44.0. The fourth-order valence-corrected chi connectivity index (χ4v) is 6.69. The molecule has 0 amide bonds. The van der Waals surface area contributed by atoms with Crippen LogP contribution in [0.15, 0.2) is 127 Å². The van der Waals surface area contributed by atoms with Gasteiger partial charge in [0.1, 0.15) is 5.75 Å². The number of aliphatic carboxylic acids is 1. The maximum absolute atomic E-state index is 11.4. The maximum Gasteiger partial charge on any atom is 0.341 e. The van der Waals surface area contributed by atoms with Crippen LogP contribution in [0.3, 0.4) is 0 Å². The highest BCUT2D eigenvalue weighted by Crippen LogP contribution is 2.46. The van der Waals surface area contributed by atoms with Gasteiger partial charge in [-0.25, -0.2) is 4.79 Å². The van der Waals surface area contributed by atoms with E-state index in [4.69, 9.17) is 4.74 Å². The number of rotatable bonds is 6. The van der Waals surface area contributed by atoms with Gasteiger partial charge in [0.25, 0.3) is 0 Å². The molecule has 0 spiro atoms. The Morgan fingerprint density at radius 2 is 1.35 bits per heavy atom. The molecule has 0 unspecified atom stereocenters. The average Bonchev–Trinajstić information content (AvgIpc) is 3.37. The van der Waals surface area contributed by atoms with E-state index in [0.29, 0.717) is 5.75 Å². The lowest BCUT2D eigenvalue weighted by Gasteiger charge is -2.16. The second kappa shape index (κ2) is 9.99. The van der Waals surface area contributed by atoms with E-state index in [1.54, 1.807) is 0 Å². The van der Waals surface area contributed by atoms with Crippen LogP contribution in [0, 0.1) is 0 Å². The van der Waals surface area contributed by atoms with Crippen LogP contribution in [0.1, 0.15) is 0 Å². The number of fused-ring (bicyclic) bond motifs is 4. The molecule has 0 saturated heterocycles. The molecule has 0 aliphatic heterocycles. The summed E-state index contributed by atoms with van der Waals surface area (Å²) in [7, 11) is 0. The lowest BCUT2D eigenvalue weighted by molar-refractivity contribution is -0.139. The van der Waals surface area contributed by atoms with Crippen LogP contribution < -0.4 is 4.74 Å². The molecule has 0 fully saturated rings. The van der Waals surface area contributed by atoms with Crippen molar-refractivity contribution in [2.45, 2.75) is 0 Å². The normalized spacial score (nSPS) is 11.3. The van der Waals surface area contributed by atoms with Crippen molar-refractivity contribution in [3.8, 4) is 39.1 Å². The summed E-state index contributed by atoms with van der Waals surface area (Å²) in [5.74, 6) is -0.461. The van der Waals surface area contributed by atoms with Gasteiger partial charge in [-0.2, -0.15) is 0 Å². The molecule has 0 aliphatic carbocycles. The number of ether oxygens (including phenoxy) is 1. The standard InChI is InChI=1S/C36H24O3S/c37-34(38)22-39-31-18-17-27(20-30(31)25-13-8-12-24(19-25)23-9-2-1-3-10-23)35-28-14-5-4-11-26(28)21-33-36(35)29-15-6-7-16-32(29)40-33/h1-21H,22H2,(H,37,38). The van der Waals surface area contributed by atoms with Crippen LogP contribution in [-0.2, 0) is 4.79 Å². The highest BCUT2D eigenvalue weighted by atomic mass is 32.1. The van der Waals surface area contributed by atoms with E-state index in [9.17, 15) is 9.90 Å². The van der Waals surface area contributed by atoms with E-state index in [1.807, 2.05) is 41.7 Å². The Labute approximate surface area is 235 Å². The molecule has 3 nitrogen and oxygen atoms in total. The van der Waals surface area contributed by atoms with Crippen LogP contribution in [0.5, 0.6) is 5.75 Å². The Bertz CT molecular complexity index is 2040. The summed E-state index contributed by atoms with van der Waals surface area (Å²) in [6.45, 7) is -0.404. The van der Waals surface area contributed by atoms with Crippen molar-refractivity contribution >= 4 is 48.3 Å². The predicted octanol–water partition coefficient (Wildman–Crippen LogP) is 9.67. The van der Waals surface area contributed by atoms with Gasteiger partial charge in [0.2, 0.25) is 0 Å². The van der Waals surface area contributed by atoms with Crippen molar-refractivity contribution in [1.82, 2.24) is 0 Å². The minimum atomic E-state index is -1.01. The van der Waals surface area contributed by atoms with Gasteiger partial charge in [0.15, 0.2) is 6.61 Å². The largest absolute Gasteiger partial charge is 0.481 e. The van der Waals surface area contributed by atoms with Crippen LogP contribution in [-0.4, -0.2) is 17.7 Å². The summed E-state index contributed by atoms with van der Waals surface area (Å²) >= 11 is 1.81. The van der Waals surface area contributed by atoms with E-state index >= 15 is 0 Å². The summed E-state index contributed by atoms with van der Waals surface area (Å²) in [5.41, 5.74) is 6.27. The molecular formula is C36H24O3S. The second-order valence-electron chi connectivity index (χ2n) is 9.78. The minimum absolute atomic E-state index is 0.404. The second-order valence-corrected chi connectivity index (χ2v) is 10.9. The third-order valence-electron chi connectivity index (χ3n) is 7.29. The minimum Gasteiger partial charge on any atom is -0.481 e. The third kappa shape index (κ3) is 4.29. The van der Waals surface area contributed by atoms with Crippen molar-refractivity contribution in [3.63, 3.8) is 0 Å². The fourth-order valence-electron chi connectivity index (χ4n) is 5.52. The van der Waals surface area contributed by atoms with E-state index in [1.165, 1.54) is 36.5 Å². The Hall–Kier alpha value is -4.93. The Morgan fingerprint density at radius 3 is 2.20 bits per heavy atom. The van der Waals surface area contributed by atoms with Gasteiger partial charge in [-0.1, -0.05) is 97.1 Å². The molecule has 4 heteroatoms. The molecule has 0 radical (unpaired) electrons. The van der Waals surface area contributed by atoms with Gasteiger partial charge in [0, 0.05) is 25.7 Å². The first-order valence-electron chi connectivity index (χ1n) is 13.1. The Morgan fingerprint density at radius 1 is 0.625 bits per heavy atom. The summed E-state index contributed by atoms with van der Waals surface area (Å²) in [4.78, 5) is 11.4. The van der Waals surface area contributed by atoms with Gasteiger partial charge in [0.05, 0.1) is 0 Å².